The number of hydrogen-bond acceptors (Lipinski definition) is 2. The zero-order valence-corrected chi connectivity index (χ0v) is 19.3. The van der Waals surface area contributed by atoms with Crippen LogP contribution >= 0.6 is 0 Å². The molecule has 2 aromatic heterocycles. The predicted octanol–water partition coefficient (Wildman–Crippen LogP) is 6.90. The smallest absolute Gasteiger partial charge is 0.138 e. The third kappa shape index (κ3) is 2.97. The van der Waals surface area contributed by atoms with E-state index in [1.807, 2.05) is 0 Å². The van der Waals surface area contributed by atoms with Gasteiger partial charge in [0.25, 0.3) is 0 Å². The number of hydrogen-bond donors (Lipinski definition) is 2. The molecule has 1 aliphatic rings. The molecule has 6 rings (SSSR count). The van der Waals surface area contributed by atoms with E-state index in [9.17, 15) is 0 Å². The van der Waals surface area contributed by atoms with Crippen molar-refractivity contribution < 1.29 is 0 Å². The number of fused-ring (bicyclic) bond motifs is 3. The Morgan fingerprint density at radius 1 is 0.750 bits per heavy atom. The monoisotopic (exact) mass is 420 g/mol. The highest BCUT2D eigenvalue weighted by Crippen LogP contribution is 2.42. The molecule has 0 fully saturated rings. The molecule has 160 valence electrons. The molecule has 2 heterocycles. The highest BCUT2D eigenvalue weighted by atomic mass is 14.9. The van der Waals surface area contributed by atoms with Crippen LogP contribution in [0.1, 0.15) is 51.6 Å². The first-order valence-corrected chi connectivity index (χ1v) is 11.3. The topological polar surface area (TPSA) is 57.4 Å². The van der Waals surface area contributed by atoms with Gasteiger partial charge in [-0.15, -0.1) is 0 Å². The Labute approximate surface area is 188 Å². The summed E-state index contributed by atoms with van der Waals surface area (Å²) < 4.78 is 0. The van der Waals surface area contributed by atoms with Crippen molar-refractivity contribution in [2.75, 3.05) is 0 Å². The SMILES string of the molecule is CC(C)(C)c1nc2cc(-c3ccc4nc(-c5ccc6c(c5)C(C)(C)C6)[nH]c4c3)ccc2[nH]1. The number of aromatic nitrogens is 4. The Hall–Kier alpha value is -3.40. The van der Waals surface area contributed by atoms with E-state index in [4.69, 9.17) is 9.97 Å². The normalized spacial score (nSPS) is 15.2. The van der Waals surface area contributed by atoms with E-state index < -0.39 is 0 Å². The zero-order valence-electron chi connectivity index (χ0n) is 19.3. The molecule has 1 aliphatic carbocycles. The van der Waals surface area contributed by atoms with Crippen LogP contribution in [0.4, 0.5) is 0 Å². The Kier molecular flexibility index (Phi) is 3.81. The molecule has 0 unspecified atom stereocenters. The number of nitrogens with zero attached hydrogens (tertiary/aromatic N) is 2. The van der Waals surface area contributed by atoms with E-state index in [1.54, 1.807) is 0 Å². The van der Waals surface area contributed by atoms with Crippen molar-refractivity contribution in [2.45, 2.75) is 51.9 Å². The van der Waals surface area contributed by atoms with E-state index in [0.717, 1.165) is 56.8 Å². The second-order valence-electron chi connectivity index (χ2n) is 10.8. The van der Waals surface area contributed by atoms with Crippen LogP contribution in [0.5, 0.6) is 0 Å². The van der Waals surface area contributed by atoms with Gasteiger partial charge in [-0.2, -0.15) is 0 Å². The van der Waals surface area contributed by atoms with Crippen molar-refractivity contribution in [1.82, 2.24) is 19.9 Å². The largest absolute Gasteiger partial charge is 0.342 e. The number of H-pyrrole nitrogens is 2. The molecule has 2 N–H and O–H groups in total. The van der Waals surface area contributed by atoms with E-state index in [0.29, 0.717) is 0 Å². The van der Waals surface area contributed by atoms with Crippen LogP contribution in [0.2, 0.25) is 0 Å². The van der Waals surface area contributed by atoms with Crippen LogP contribution in [0.3, 0.4) is 0 Å². The maximum absolute atomic E-state index is 4.87. The predicted molar refractivity (Wildman–Crippen MR) is 132 cm³/mol. The first kappa shape index (κ1) is 19.3. The minimum Gasteiger partial charge on any atom is -0.342 e. The number of nitrogens with one attached hydrogen (secondary N) is 2. The standard InChI is InChI=1S/C28H28N4/c1-27(2,3)26-31-22-11-9-17(14-24(22)32-26)16-8-10-21-23(13-16)30-25(29-21)18-6-7-19-15-28(4,5)20(19)12-18/h6-14H,15H2,1-5H3,(H,29,30)(H,31,32). The average Bonchev–Trinajstić information content (AvgIpc) is 3.36. The van der Waals surface area contributed by atoms with Gasteiger partial charge in [-0.05, 0) is 64.4 Å². The number of rotatable bonds is 2. The van der Waals surface area contributed by atoms with Gasteiger partial charge in [-0.1, -0.05) is 58.9 Å². The summed E-state index contributed by atoms with van der Waals surface area (Å²) in [6.07, 6.45) is 1.16. The Bertz CT molecular complexity index is 1510. The lowest BCUT2D eigenvalue weighted by molar-refractivity contribution is 0.455. The summed E-state index contributed by atoms with van der Waals surface area (Å²) in [4.78, 5) is 16.7. The highest BCUT2D eigenvalue weighted by molar-refractivity contribution is 5.87. The molecule has 0 amide bonds. The lowest BCUT2D eigenvalue weighted by Crippen LogP contribution is -2.32. The van der Waals surface area contributed by atoms with Crippen LogP contribution in [0.15, 0.2) is 54.6 Å². The lowest BCUT2D eigenvalue weighted by atomic mass is 9.66. The molecule has 5 aromatic rings. The molecule has 0 saturated heterocycles. The Balaban J connectivity index is 1.38. The van der Waals surface area contributed by atoms with E-state index >= 15 is 0 Å². The maximum atomic E-state index is 4.87. The summed E-state index contributed by atoms with van der Waals surface area (Å²) in [6.45, 7) is 11.1. The first-order chi connectivity index (χ1) is 15.2. The summed E-state index contributed by atoms with van der Waals surface area (Å²) >= 11 is 0. The van der Waals surface area contributed by atoms with Gasteiger partial charge in [0.1, 0.15) is 11.6 Å². The molecule has 0 aliphatic heterocycles. The van der Waals surface area contributed by atoms with Gasteiger partial charge in [0.15, 0.2) is 0 Å². The Morgan fingerprint density at radius 2 is 1.50 bits per heavy atom. The highest BCUT2D eigenvalue weighted by Gasteiger charge is 2.33. The van der Waals surface area contributed by atoms with E-state index in [2.05, 4.69) is 99.2 Å². The minimum atomic E-state index is -0.00182. The molecule has 0 saturated carbocycles. The van der Waals surface area contributed by atoms with Gasteiger partial charge >= 0.3 is 0 Å². The number of aromatic amines is 2. The van der Waals surface area contributed by atoms with E-state index in [-0.39, 0.29) is 10.8 Å². The fourth-order valence-electron chi connectivity index (χ4n) is 4.84. The van der Waals surface area contributed by atoms with Gasteiger partial charge in [-0.25, -0.2) is 9.97 Å². The third-order valence-corrected chi connectivity index (χ3v) is 6.75. The second-order valence-corrected chi connectivity index (χ2v) is 10.8. The zero-order chi connectivity index (χ0) is 22.3. The van der Waals surface area contributed by atoms with Crippen LogP contribution in [-0.2, 0) is 17.3 Å². The maximum Gasteiger partial charge on any atom is 0.138 e. The van der Waals surface area contributed by atoms with Gasteiger partial charge in [0, 0.05) is 11.0 Å². The van der Waals surface area contributed by atoms with E-state index in [1.165, 1.54) is 11.1 Å². The molecule has 3 aromatic carbocycles. The molecule has 0 spiro atoms. The van der Waals surface area contributed by atoms with Crippen molar-refractivity contribution in [3.8, 4) is 22.5 Å². The van der Waals surface area contributed by atoms with Crippen LogP contribution in [-0.4, -0.2) is 19.9 Å². The lowest BCUT2D eigenvalue weighted by Gasteiger charge is -2.38. The van der Waals surface area contributed by atoms with Crippen LogP contribution in [0.25, 0.3) is 44.6 Å². The van der Waals surface area contributed by atoms with Gasteiger partial charge in [-0.3, -0.25) is 0 Å². The molecule has 0 bridgehead atoms. The summed E-state index contributed by atoms with van der Waals surface area (Å²) in [5.74, 6) is 1.94. The minimum absolute atomic E-state index is 0.00182. The summed E-state index contributed by atoms with van der Waals surface area (Å²) in [7, 11) is 0. The fourth-order valence-corrected chi connectivity index (χ4v) is 4.84. The summed E-state index contributed by atoms with van der Waals surface area (Å²) in [6, 6.07) is 19.6. The van der Waals surface area contributed by atoms with Crippen LogP contribution in [0, 0.1) is 0 Å². The average molecular weight is 421 g/mol. The molecular formula is C28H28N4. The van der Waals surface area contributed by atoms with Crippen LogP contribution < -0.4 is 0 Å². The van der Waals surface area contributed by atoms with Crippen molar-refractivity contribution in [3.05, 3.63) is 71.5 Å². The van der Waals surface area contributed by atoms with Crippen molar-refractivity contribution in [2.24, 2.45) is 0 Å². The first-order valence-electron chi connectivity index (χ1n) is 11.3. The number of imidazole rings is 2. The van der Waals surface area contributed by atoms with Crippen molar-refractivity contribution in [3.63, 3.8) is 0 Å². The van der Waals surface area contributed by atoms with Gasteiger partial charge in [0.05, 0.1) is 22.1 Å². The van der Waals surface area contributed by atoms with Gasteiger partial charge < -0.3 is 9.97 Å². The molecular weight excluding hydrogens is 392 g/mol. The molecule has 32 heavy (non-hydrogen) atoms. The van der Waals surface area contributed by atoms with Crippen molar-refractivity contribution in [1.29, 1.82) is 0 Å². The molecule has 0 atom stereocenters. The van der Waals surface area contributed by atoms with Gasteiger partial charge in [0.2, 0.25) is 0 Å². The summed E-state index contributed by atoms with van der Waals surface area (Å²) in [5, 5.41) is 0. The van der Waals surface area contributed by atoms with Crippen molar-refractivity contribution >= 4 is 22.1 Å². The molecule has 4 nitrogen and oxygen atoms in total. The molecule has 0 radical (unpaired) electrons. The quantitative estimate of drug-likeness (QED) is 0.326. The number of benzene rings is 3. The summed E-state index contributed by atoms with van der Waals surface area (Å²) in [5.41, 5.74) is 10.8. The Morgan fingerprint density at radius 3 is 2.28 bits per heavy atom. The molecule has 4 heteroatoms. The second kappa shape index (κ2) is 6.32. The fraction of sp³-hybridized carbons (Fsp3) is 0.286. The third-order valence-electron chi connectivity index (χ3n) is 6.75.